The third-order valence-electron chi connectivity index (χ3n) is 1.95. The first-order valence-electron chi connectivity index (χ1n) is 3.93. The highest BCUT2D eigenvalue weighted by Crippen LogP contribution is 2.19. The molecule has 0 radical (unpaired) electrons. The molecule has 4 nitrogen and oxygen atoms in total. The number of nitriles is 1. The lowest BCUT2D eigenvalue weighted by molar-refractivity contribution is 0.0879. The van der Waals surface area contributed by atoms with Crippen LogP contribution in [0.3, 0.4) is 0 Å². The topological polar surface area (TPSA) is 56.8 Å². The van der Waals surface area contributed by atoms with Crippen molar-refractivity contribution in [3.05, 3.63) is 30.1 Å². The number of hydrogen-bond acceptors (Lipinski definition) is 3. The van der Waals surface area contributed by atoms with Crippen LogP contribution in [0.5, 0.6) is 0 Å². The largest absolute Gasteiger partial charge is 0.318 e. The Morgan fingerprint density at radius 2 is 2.31 bits per heavy atom. The van der Waals surface area contributed by atoms with Crippen LogP contribution >= 0.6 is 0 Å². The van der Waals surface area contributed by atoms with Crippen LogP contribution in [0, 0.1) is 11.3 Å². The third-order valence-corrected chi connectivity index (χ3v) is 1.95. The van der Waals surface area contributed by atoms with Crippen molar-refractivity contribution >= 4 is 5.91 Å². The Morgan fingerprint density at radius 3 is 2.85 bits per heavy atom. The van der Waals surface area contributed by atoms with Crippen LogP contribution in [-0.4, -0.2) is 28.4 Å². The lowest BCUT2D eigenvalue weighted by atomic mass is 10.2. The van der Waals surface area contributed by atoms with Gasteiger partial charge in [0.25, 0.3) is 5.91 Å². The molecule has 0 aliphatic carbocycles. The fraction of sp³-hybridized carbons (Fsp3) is 0.222. The van der Waals surface area contributed by atoms with Crippen LogP contribution in [0.15, 0.2) is 24.5 Å². The summed E-state index contributed by atoms with van der Waals surface area (Å²) in [6, 6.07) is 5.10. The van der Waals surface area contributed by atoms with Gasteiger partial charge in [-0.3, -0.25) is 9.78 Å². The van der Waals surface area contributed by atoms with E-state index >= 15 is 0 Å². The van der Waals surface area contributed by atoms with Crippen molar-refractivity contribution in [1.29, 1.82) is 5.26 Å². The highest BCUT2D eigenvalue weighted by atomic mass is 16.2. The van der Waals surface area contributed by atoms with Crippen molar-refractivity contribution < 1.29 is 4.79 Å². The third kappa shape index (κ3) is 1.36. The molecule has 1 aromatic rings. The molecule has 0 bridgehead atoms. The number of hydrogen-bond donors (Lipinski definition) is 0. The minimum atomic E-state index is -0.222. The van der Waals surface area contributed by atoms with Gasteiger partial charge in [-0.15, -0.1) is 0 Å². The summed E-state index contributed by atoms with van der Waals surface area (Å²) in [4.78, 5) is 16.9. The Labute approximate surface area is 75.4 Å². The number of carbonyl (C=O) groups is 1. The second-order valence-corrected chi connectivity index (χ2v) is 2.84. The molecule has 1 unspecified atom stereocenters. The molecule has 0 saturated carbocycles. The Kier molecular flexibility index (Phi) is 1.71. The van der Waals surface area contributed by atoms with Crippen LogP contribution < -0.4 is 0 Å². The molecule has 0 aromatic carbocycles. The first-order chi connectivity index (χ1) is 6.33. The molecule has 1 aromatic heterocycles. The molecule has 0 spiro atoms. The van der Waals surface area contributed by atoms with E-state index in [1.54, 1.807) is 24.5 Å². The number of nitrogens with zero attached hydrogens (tertiary/aromatic N) is 3. The minimum Gasteiger partial charge on any atom is -0.318 e. The second-order valence-electron chi connectivity index (χ2n) is 2.84. The summed E-state index contributed by atoms with van der Waals surface area (Å²) in [6.07, 6.45) is 3.14. The number of amides is 1. The van der Waals surface area contributed by atoms with Crippen molar-refractivity contribution in [3.8, 4) is 6.07 Å². The van der Waals surface area contributed by atoms with Crippen LogP contribution in [0.2, 0.25) is 0 Å². The van der Waals surface area contributed by atoms with E-state index in [9.17, 15) is 4.79 Å². The fourth-order valence-electron chi connectivity index (χ4n) is 1.13. The maximum absolute atomic E-state index is 11.5. The minimum absolute atomic E-state index is 0.0889. The summed E-state index contributed by atoms with van der Waals surface area (Å²) < 4.78 is 0. The molecule has 2 rings (SSSR count). The molecule has 0 N–H and O–H groups in total. The van der Waals surface area contributed by atoms with Gasteiger partial charge in [0.15, 0.2) is 0 Å². The van der Waals surface area contributed by atoms with Crippen molar-refractivity contribution in [3.63, 3.8) is 0 Å². The highest BCUT2D eigenvalue weighted by Gasteiger charge is 2.38. The summed E-state index contributed by atoms with van der Waals surface area (Å²) in [5, 5.41) is 8.52. The lowest BCUT2D eigenvalue weighted by Gasteiger charge is -1.99. The van der Waals surface area contributed by atoms with Gasteiger partial charge in [-0.1, -0.05) is 0 Å². The predicted octanol–water partition coefficient (Wildman–Crippen LogP) is 0.430. The Balaban J connectivity index is 2.13. The van der Waals surface area contributed by atoms with Gasteiger partial charge in [0.2, 0.25) is 0 Å². The van der Waals surface area contributed by atoms with E-state index in [0.717, 1.165) is 0 Å². The average molecular weight is 173 g/mol. The van der Waals surface area contributed by atoms with Gasteiger partial charge in [-0.05, 0) is 12.1 Å². The first kappa shape index (κ1) is 7.74. The van der Waals surface area contributed by atoms with Crippen molar-refractivity contribution in [2.24, 2.45) is 0 Å². The molecule has 1 atom stereocenters. The second kappa shape index (κ2) is 2.87. The van der Waals surface area contributed by atoms with Crippen LogP contribution in [0.1, 0.15) is 10.4 Å². The Hall–Kier alpha value is -1.89. The predicted molar refractivity (Wildman–Crippen MR) is 44.7 cm³/mol. The summed E-state index contributed by atoms with van der Waals surface area (Å²) in [5.74, 6) is -0.0889. The SMILES string of the molecule is N#CC1CN1C(=O)c1ccncc1. The number of rotatable bonds is 1. The summed E-state index contributed by atoms with van der Waals surface area (Å²) in [5.41, 5.74) is 0.591. The van der Waals surface area contributed by atoms with Gasteiger partial charge in [0.1, 0.15) is 6.04 Å². The molecular formula is C9H7N3O. The van der Waals surface area contributed by atoms with Crippen LogP contribution in [-0.2, 0) is 0 Å². The molecule has 13 heavy (non-hydrogen) atoms. The van der Waals surface area contributed by atoms with E-state index in [0.29, 0.717) is 12.1 Å². The fourth-order valence-corrected chi connectivity index (χ4v) is 1.13. The van der Waals surface area contributed by atoms with Crippen molar-refractivity contribution in [1.82, 2.24) is 9.88 Å². The smallest absolute Gasteiger partial charge is 0.255 e. The number of pyridine rings is 1. The first-order valence-corrected chi connectivity index (χ1v) is 3.93. The average Bonchev–Trinajstić information content (AvgIpc) is 2.97. The summed E-state index contributed by atoms with van der Waals surface area (Å²) in [6.45, 7) is 0.553. The van der Waals surface area contributed by atoms with E-state index in [1.807, 2.05) is 6.07 Å². The summed E-state index contributed by atoms with van der Waals surface area (Å²) >= 11 is 0. The quantitative estimate of drug-likeness (QED) is 0.578. The van der Waals surface area contributed by atoms with Gasteiger partial charge in [-0.25, -0.2) is 0 Å². The monoisotopic (exact) mass is 173 g/mol. The molecule has 1 aliphatic rings. The molecule has 2 heterocycles. The molecule has 4 heteroatoms. The standard InChI is InChI=1S/C9H7N3O/c10-5-8-6-12(8)9(13)7-1-3-11-4-2-7/h1-4,8H,6H2. The lowest BCUT2D eigenvalue weighted by Crippen LogP contribution is -2.12. The zero-order valence-corrected chi connectivity index (χ0v) is 6.84. The maximum atomic E-state index is 11.5. The Morgan fingerprint density at radius 1 is 1.62 bits per heavy atom. The molecule has 64 valence electrons. The Bertz CT molecular complexity index is 368. The van der Waals surface area contributed by atoms with Gasteiger partial charge >= 0.3 is 0 Å². The van der Waals surface area contributed by atoms with E-state index < -0.39 is 0 Å². The van der Waals surface area contributed by atoms with Gasteiger partial charge in [0, 0.05) is 18.0 Å². The summed E-state index contributed by atoms with van der Waals surface area (Å²) in [7, 11) is 0. The van der Waals surface area contributed by atoms with E-state index in [1.165, 1.54) is 4.90 Å². The van der Waals surface area contributed by atoms with Gasteiger partial charge in [0.05, 0.1) is 12.6 Å². The zero-order valence-electron chi connectivity index (χ0n) is 6.84. The molecular weight excluding hydrogens is 166 g/mol. The van der Waals surface area contributed by atoms with Crippen molar-refractivity contribution in [2.75, 3.05) is 6.54 Å². The van der Waals surface area contributed by atoms with Gasteiger partial charge < -0.3 is 4.90 Å². The molecule has 1 aliphatic heterocycles. The van der Waals surface area contributed by atoms with E-state index in [-0.39, 0.29) is 11.9 Å². The van der Waals surface area contributed by atoms with Crippen molar-refractivity contribution in [2.45, 2.75) is 6.04 Å². The normalized spacial score (nSPS) is 19.3. The van der Waals surface area contributed by atoms with E-state index in [4.69, 9.17) is 5.26 Å². The van der Waals surface area contributed by atoms with Crippen LogP contribution in [0.4, 0.5) is 0 Å². The van der Waals surface area contributed by atoms with E-state index in [2.05, 4.69) is 4.98 Å². The maximum Gasteiger partial charge on any atom is 0.255 e. The zero-order chi connectivity index (χ0) is 9.26. The molecule has 1 amide bonds. The molecule has 1 fully saturated rings. The number of carbonyl (C=O) groups excluding carboxylic acids is 1. The van der Waals surface area contributed by atoms with Gasteiger partial charge in [-0.2, -0.15) is 5.26 Å². The number of aromatic nitrogens is 1. The van der Waals surface area contributed by atoms with Crippen LogP contribution in [0.25, 0.3) is 0 Å². The molecule has 1 saturated heterocycles. The highest BCUT2D eigenvalue weighted by molar-refractivity contribution is 5.96.